The van der Waals surface area contributed by atoms with Gasteiger partial charge >= 0.3 is 0 Å². The summed E-state index contributed by atoms with van der Waals surface area (Å²) >= 11 is 0. The van der Waals surface area contributed by atoms with Crippen molar-refractivity contribution in [3.05, 3.63) is 78.0 Å². The van der Waals surface area contributed by atoms with Gasteiger partial charge in [-0.25, -0.2) is 4.68 Å². The topological polar surface area (TPSA) is 87.5 Å². The van der Waals surface area contributed by atoms with Crippen molar-refractivity contribution in [1.82, 2.24) is 14.7 Å². The van der Waals surface area contributed by atoms with E-state index < -0.39 is 0 Å². The van der Waals surface area contributed by atoms with Crippen molar-refractivity contribution in [2.24, 2.45) is 0 Å². The molecule has 2 aromatic carbocycles. The van der Waals surface area contributed by atoms with Crippen LogP contribution in [0.3, 0.4) is 0 Å². The van der Waals surface area contributed by atoms with Crippen LogP contribution in [-0.4, -0.2) is 44.8 Å². The van der Waals surface area contributed by atoms with E-state index in [2.05, 4.69) is 10.4 Å². The van der Waals surface area contributed by atoms with E-state index >= 15 is 0 Å². The summed E-state index contributed by atoms with van der Waals surface area (Å²) in [5.41, 5.74) is 1.87. The fourth-order valence-electron chi connectivity index (χ4n) is 2.86. The molecule has 0 unspecified atom stereocenters. The van der Waals surface area contributed by atoms with E-state index in [1.807, 2.05) is 60.7 Å². The molecule has 7 heteroatoms. The molecule has 1 heterocycles. The second kappa shape index (κ2) is 8.96. The lowest BCUT2D eigenvalue weighted by Crippen LogP contribution is -2.33. The van der Waals surface area contributed by atoms with Crippen molar-refractivity contribution in [3.63, 3.8) is 0 Å². The summed E-state index contributed by atoms with van der Waals surface area (Å²) in [6.45, 7) is 1.78. The Bertz CT molecular complexity index is 939. The highest BCUT2D eigenvalue weighted by Gasteiger charge is 2.21. The molecule has 7 nitrogen and oxygen atoms in total. The van der Waals surface area contributed by atoms with Crippen molar-refractivity contribution < 1.29 is 14.7 Å². The number of para-hydroxylation sites is 1. The molecule has 0 saturated heterocycles. The van der Waals surface area contributed by atoms with Crippen molar-refractivity contribution in [2.45, 2.75) is 13.5 Å². The number of carbonyl (C=O) groups is 2. The summed E-state index contributed by atoms with van der Waals surface area (Å²) in [6, 6.07) is 20.3. The number of benzene rings is 2. The number of anilines is 1. The molecule has 0 aliphatic rings. The maximum atomic E-state index is 13.0. The standard InChI is InChI=1S/C21H22N4O3/c1-16(27)22-20-14-19(23-25(20)18-10-6-3-7-11-18)21(28)24(12-13-26)15-17-8-4-2-5-9-17/h2-11,14,26H,12-13,15H2,1H3,(H,22,27). The first-order valence-electron chi connectivity index (χ1n) is 8.95. The van der Waals surface area contributed by atoms with Gasteiger partial charge in [-0.1, -0.05) is 48.5 Å². The largest absolute Gasteiger partial charge is 0.395 e. The summed E-state index contributed by atoms with van der Waals surface area (Å²) in [5.74, 6) is -0.169. The Labute approximate surface area is 163 Å². The van der Waals surface area contributed by atoms with Crippen LogP contribution in [-0.2, 0) is 11.3 Å². The van der Waals surface area contributed by atoms with Crippen LogP contribution in [0, 0.1) is 0 Å². The SMILES string of the molecule is CC(=O)Nc1cc(C(=O)N(CCO)Cc2ccccc2)nn1-c1ccccc1. The smallest absolute Gasteiger partial charge is 0.274 e. The minimum absolute atomic E-state index is 0.156. The number of carbonyl (C=O) groups excluding carboxylic acids is 2. The molecule has 0 fully saturated rings. The van der Waals surface area contributed by atoms with Gasteiger partial charge in [0.05, 0.1) is 12.3 Å². The molecule has 0 radical (unpaired) electrons. The highest BCUT2D eigenvalue weighted by Crippen LogP contribution is 2.19. The van der Waals surface area contributed by atoms with Crippen LogP contribution >= 0.6 is 0 Å². The quantitative estimate of drug-likeness (QED) is 0.661. The minimum atomic E-state index is -0.320. The Morgan fingerprint density at radius 2 is 1.71 bits per heavy atom. The second-order valence-corrected chi connectivity index (χ2v) is 6.28. The van der Waals surface area contributed by atoms with Crippen LogP contribution in [0.25, 0.3) is 5.69 Å². The first kappa shape index (κ1) is 19.3. The molecule has 0 saturated carbocycles. The van der Waals surface area contributed by atoms with E-state index in [-0.39, 0.29) is 30.7 Å². The molecule has 0 spiro atoms. The zero-order valence-corrected chi connectivity index (χ0v) is 15.6. The van der Waals surface area contributed by atoms with E-state index in [4.69, 9.17) is 0 Å². The lowest BCUT2D eigenvalue weighted by molar-refractivity contribution is -0.114. The van der Waals surface area contributed by atoms with Crippen LogP contribution < -0.4 is 5.32 Å². The number of nitrogens with one attached hydrogen (secondary N) is 1. The molecule has 0 atom stereocenters. The minimum Gasteiger partial charge on any atom is -0.395 e. The lowest BCUT2D eigenvalue weighted by atomic mass is 10.2. The Kier molecular flexibility index (Phi) is 6.18. The molecule has 0 aliphatic carbocycles. The summed E-state index contributed by atoms with van der Waals surface area (Å²) in [6.07, 6.45) is 0. The van der Waals surface area contributed by atoms with Gasteiger partial charge in [0.25, 0.3) is 5.91 Å². The molecular weight excluding hydrogens is 356 g/mol. The van der Waals surface area contributed by atoms with Gasteiger partial charge in [0.2, 0.25) is 5.91 Å². The highest BCUT2D eigenvalue weighted by atomic mass is 16.3. The fourth-order valence-corrected chi connectivity index (χ4v) is 2.86. The molecule has 2 amide bonds. The lowest BCUT2D eigenvalue weighted by Gasteiger charge is -2.20. The predicted molar refractivity (Wildman–Crippen MR) is 106 cm³/mol. The Morgan fingerprint density at radius 1 is 1.07 bits per heavy atom. The Balaban J connectivity index is 1.93. The second-order valence-electron chi connectivity index (χ2n) is 6.28. The van der Waals surface area contributed by atoms with Crippen LogP contribution in [0.4, 0.5) is 5.82 Å². The third kappa shape index (κ3) is 4.63. The number of rotatable bonds is 7. The molecule has 1 aromatic heterocycles. The molecule has 3 rings (SSSR count). The number of hydrogen-bond donors (Lipinski definition) is 2. The van der Waals surface area contributed by atoms with E-state index in [0.717, 1.165) is 11.3 Å². The van der Waals surface area contributed by atoms with Crippen molar-refractivity contribution in [2.75, 3.05) is 18.5 Å². The average Bonchev–Trinajstić information content (AvgIpc) is 3.11. The summed E-state index contributed by atoms with van der Waals surface area (Å²) in [7, 11) is 0. The molecule has 144 valence electrons. The fraction of sp³-hybridized carbons (Fsp3) is 0.190. The third-order valence-corrected chi connectivity index (χ3v) is 4.11. The van der Waals surface area contributed by atoms with Crippen molar-refractivity contribution in [3.8, 4) is 5.69 Å². The first-order chi connectivity index (χ1) is 13.6. The van der Waals surface area contributed by atoms with Gasteiger partial charge in [-0.2, -0.15) is 5.10 Å². The highest BCUT2D eigenvalue weighted by molar-refractivity contribution is 5.95. The van der Waals surface area contributed by atoms with Crippen molar-refractivity contribution >= 4 is 17.6 Å². The number of nitrogens with zero attached hydrogens (tertiary/aromatic N) is 3. The molecule has 2 N–H and O–H groups in total. The van der Waals surface area contributed by atoms with E-state index in [9.17, 15) is 14.7 Å². The average molecular weight is 378 g/mol. The van der Waals surface area contributed by atoms with Gasteiger partial charge in [-0.05, 0) is 17.7 Å². The number of aromatic nitrogens is 2. The maximum absolute atomic E-state index is 13.0. The number of aliphatic hydroxyl groups is 1. The van der Waals surface area contributed by atoms with E-state index in [1.54, 1.807) is 6.07 Å². The molecule has 0 aliphatic heterocycles. The molecule has 28 heavy (non-hydrogen) atoms. The predicted octanol–water partition coefficient (Wildman–Crippen LogP) is 2.47. The first-order valence-corrected chi connectivity index (χ1v) is 8.95. The van der Waals surface area contributed by atoms with Crippen LogP contribution in [0.5, 0.6) is 0 Å². The van der Waals surface area contributed by atoms with Gasteiger partial charge in [0, 0.05) is 26.1 Å². The van der Waals surface area contributed by atoms with Gasteiger partial charge in [0.1, 0.15) is 5.82 Å². The zero-order chi connectivity index (χ0) is 19.9. The van der Waals surface area contributed by atoms with Gasteiger partial charge in [-0.15, -0.1) is 0 Å². The summed E-state index contributed by atoms with van der Waals surface area (Å²) in [5, 5.41) is 16.5. The van der Waals surface area contributed by atoms with Crippen molar-refractivity contribution in [1.29, 1.82) is 0 Å². The molecule has 0 bridgehead atoms. The van der Waals surface area contributed by atoms with Crippen LogP contribution in [0.1, 0.15) is 23.0 Å². The number of amides is 2. The normalized spacial score (nSPS) is 10.5. The number of hydrogen-bond acceptors (Lipinski definition) is 4. The Hall–Kier alpha value is -3.45. The third-order valence-electron chi connectivity index (χ3n) is 4.11. The van der Waals surface area contributed by atoms with E-state index in [1.165, 1.54) is 16.5 Å². The van der Waals surface area contributed by atoms with Gasteiger partial charge in [-0.3, -0.25) is 9.59 Å². The summed E-state index contributed by atoms with van der Waals surface area (Å²) in [4.78, 5) is 26.2. The van der Waals surface area contributed by atoms with Gasteiger partial charge in [0.15, 0.2) is 5.69 Å². The van der Waals surface area contributed by atoms with Crippen LogP contribution in [0.15, 0.2) is 66.7 Å². The molecular formula is C21H22N4O3. The zero-order valence-electron chi connectivity index (χ0n) is 15.6. The van der Waals surface area contributed by atoms with E-state index in [0.29, 0.717) is 12.4 Å². The monoisotopic (exact) mass is 378 g/mol. The van der Waals surface area contributed by atoms with Gasteiger partial charge < -0.3 is 15.3 Å². The number of aliphatic hydroxyl groups excluding tert-OH is 1. The summed E-state index contributed by atoms with van der Waals surface area (Å²) < 4.78 is 1.52. The van der Waals surface area contributed by atoms with Crippen LogP contribution in [0.2, 0.25) is 0 Å². The maximum Gasteiger partial charge on any atom is 0.274 e. The molecule has 3 aromatic rings. The Morgan fingerprint density at radius 3 is 2.32 bits per heavy atom.